The number of nitrogens with zero attached hydrogens (tertiary/aromatic N) is 1. The zero-order valence-electron chi connectivity index (χ0n) is 9.60. The van der Waals surface area contributed by atoms with E-state index in [1.807, 2.05) is 38.2 Å². The summed E-state index contributed by atoms with van der Waals surface area (Å²) in [4.78, 5) is 2.12. The second-order valence-corrected chi connectivity index (χ2v) is 4.00. The lowest BCUT2D eigenvalue weighted by atomic mass is 10.1. The summed E-state index contributed by atoms with van der Waals surface area (Å²) in [6.45, 7) is 2.81. The molecular formula is C13H16N2O. The van der Waals surface area contributed by atoms with Crippen LogP contribution in [0, 0.1) is 6.92 Å². The van der Waals surface area contributed by atoms with Crippen molar-refractivity contribution in [1.29, 1.82) is 0 Å². The molecule has 1 aromatic carbocycles. The van der Waals surface area contributed by atoms with Gasteiger partial charge < -0.3 is 15.1 Å². The molecular weight excluding hydrogens is 200 g/mol. The Balaban J connectivity index is 2.21. The van der Waals surface area contributed by atoms with E-state index in [0.29, 0.717) is 0 Å². The number of furan rings is 1. The number of aryl methyl sites for hydroxylation is 1. The van der Waals surface area contributed by atoms with Crippen LogP contribution in [0.25, 0.3) is 0 Å². The van der Waals surface area contributed by atoms with E-state index in [0.717, 1.165) is 29.0 Å². The van der Waals surface area contributed by atoms with Crippen molar-refractivity contribution in [3.8, 4) is 0 Å². The molecule has 0 aliphatic heterocycles. The van der Waals surface area contributed by atoms with E-state index < -0.39 is 0 Å². The van der Waals surface area contributed by atoms with E-state index in [1.165, 1.54) is 0 Å². The number of anilines is 2. The molecule has 0 fully saturated rings. The zero-order valence-corrected chi connectivity index (χ0v) is 9.60. The average Bonchev–Trinajstić information content (AvgIpc) is 2.74. The van der Waals surface area contributed by atoms with Crippen molar-refractivity contribution >= 4 is 11.4 Å². The molecule has 2 aromatic rings. The van der Waals surface area contributed by atoms with Crippen molar-refractivity contribution in [3.63, 3.8) is 0 Å². The van der Waals surface area contributed by atoms with E-state index in [2.05, 4.69) is 4.90 Å². The van der Waals surface area contributed by atoms with Gasteiger partial charge >= 0.3 is 0 Å². The van der Waals surface area contributed by atoms with Gasteiger partial charge in [0.25, 0.3) is 0 Å². The molecule has 0 radical (unpaired) electrons. The highest BCUT2D eigenvalue weighted by Gasteiger charge is 2.07. The van der Waals surface area contributed by atoms with Crippen molar-refractivity contribution in [2.24, 2.45) is 0 Å². The minimum absolute atomic E-state index is 0.796. The largest absolute Gasteiger partial charge is 0.472 e. The second kappa shape index (κ2) is 4.31. The van der Waals surface area contributed by atoms with Gasteiger partial charge in [-0.2, -0.15) is 0 Å². The lowest BCUT2D eigenvalue weighted by molar-refractivity contribution is 0.563. The molecule has 0 spiro atoms. The fourth-order valence-electron chi connectivity index (χ4n) is 1.74. The summed E-state index contributed by atoms with van der Waals surface area (Å²) in [7, 11) is 2.03. The molecule has 0 saturated carbocycles. The van der Waals surface area contributed by atoms with Crippen LogP contribution < -0.4 is 10.6 Å². The molecule has 3 heteroatoms. The van der Waals surface area contributed by atoms with E-state index in [4.69, 9.17) is 10.2 Å². The Hall–Kier alpha value is -1.90. The van der Waals surface area contributed by atoms with Gasteiger partial charge in [0.1, 0.15) is 0 Å². The second-order valence-electron chi connectivity index (χ2n) is 4.00. The van der Waals surface area contributed by atoms with Crippen molar-refractivity contribution in [3.05, 3.63) is 47.9 Å². The average molecular weight is 216 g/mol. The maximum Gasteiger partial charge on any atom is 0.0952 e. The molecule has 0 aliphatic rings. The molecule has 1 aromatic heterocycles. The molecule has 0 amide bonds. The van der Waals surface area contributed by atoms with E-state index in [9.17, 15) is 0 Å². The predicted octanol–water partition coefficient (Wildman–Crippen LogP) is 2.81. The number of hydrogen-bond donors (Lipinski definition) is 1. The van der Waals surface area contributed by atoms with Gasteiger partial charge in [0, 0.05) is 19.2 Å². The maximum atomic E-state index is 6.05. The van der Waals surface area contributed by atoms with Crippen LogP contribution in [0.4, 0.5) is 11.4 Å². The number of hydrogen-bond acceptors (Lipinski definition) is 3. The lowest BCUT2D eigenvalue weighted by Gasteiger charge is -2.21. The topological polar surface area (TPSA) is 42.4 Å². The first-order valence-corrected chi connectivity index (χ1v) is 5.26. The van der Waals surface area contributed by atoms with Crippen LogP contribution in [0.1, 0.15) is 11.1 Å². The SMILES string of the molecule is Cc1cccc(N(C)Cc2ccoc2)c1N. The summed E-state index contributed by atoms with van der Waals surface area (Å²) in [5, 5.41) is 0. The van der Waals surface area contributed by atoms with Crippen LogP contribution in [-0.4, -0.2) is 7.05 Å². The van der Waals surface area contributed by atoms with Gasteiger partial charge in [0.2, 0.25) is 0 Å². The highest BCUT2D eigenvalue weighted by molar-refractivity contribution is 5.70. The van der Waals surface area contributed by atoms with Gasteiger partial charge in [-0.15, -0.1) is 0 Å². The lowest BCUT2D eigenvalue weighted by Crippen LogP contribution is -2.17. The molecule has 84 valence electrons. The van der Waals surface area contributed by atoms with Gasteiger partial charge in [0.15, 0.2) is 0 Å². The van der Waals surface area contributed by atoms with Crippen LogP contribution in [0.5, 0.6) is 0 Å². The zero-order chi connectivity index (χ0) is 11.5. The Labute approximate surface area is 95.5 Å². The van der Waals surface area contributed by atoms with E-state index >= 15 is 0 Å². The minimum Gasteiger partial charge on any atom is -0.472 e. The summed E-state index contributed by atoms with van der Waals surface area (Å²) in [5.41, 5.74) is 10.2. The van der Waals surface area contributed by atoms with E-state index in [1.54, 1.807) is 12.5 Å². The van der Waals surface area contributed by atoms with Gasteiger partial charge in [0.05, 0.1) is 23.9 Å². The highest BCUT2D eigenvalue weighted by Crippen LogP contribution is 2.26. The molecule has 16 heavy (non-hydrogen) atoms. The third kappa shape index (κ3) is 2.03. The van der Waals surface area contributed by atoms with Crippen molar-refractivity contribution < 1.29 is 4.42 Å². The number of benzene rings is 1. The number of nitrogen functional groups attached to an aromatic ring is 1. The maximum absolute atomic E-state index is 6.05. The molecule has 1 heterocycles. The smallest absolute Gasteiger partial charge is 0.0952 e. The quantitative estimate of drug-likeness (QED) is 0.802. The summed E-state index contributed by atoms with van der Waals surface area (Å²) < 4.78 is 5.05. The fraction of sp³-hybridized carbons (Fsp3) is 0.231. The molecule has 0 atom stereocenters. The first kappa shape index (κ1) is 10.6. The first-order valence-electron chi connectivity index (χ1n) is 5.26. The van der Waals surface area contributed by atoms with Gasteiger partial charge in [-0.25, -0.2) is 0 Å². The van der Waals surface area contributed by atoms with Gasteiger partial charge in [-0.05, 0) is 24.6 Å². The van der Waals surface area contributed by atoms with E-state index in [-0.39, 0.29) is 0 Å². The van der Waals surface area contributed by atoms with Crippen LogP contribution in [0.15, 0.2) is 41.2 Å². The Kier molecular flexibility index (Phi) is 2.86. The Bertz CT molecular complexity index is 463. The molecule has 0 bridgehead atoms. The Morgan fingerprint density at radius 2 is 2.12 bits per heavy atom. The fourth-order valence-corrected chi connectivity index (χ4v) is 1.74. The van der Waals surface area contributed by atoms with Crippen molar-refractivity contribution in [2.45, 2.75) is 13.5 Å². The third-order valence-corrected chi connectivity index (χ3v) is 2.71. The van der Waals surface area contributed by atoms with Crippen molar-refractivity contribution in [1.82, 2.24) is 0 Å². The molecule has 2 rings (SSSR count). The predicted molar refractivity (Wildman–Crippen MR) is 66.4 cm³/mol. The summed E-state index contributed by atoms with van der Waals surface area (Å²) in [6, 6.07) is 8.03. The highest BCUT2D eigenvalue weighted by atomic mass is 16.3. The third-order valence-electron chi connectivity index (χ3n) is 2.71. The number of nitrogens with two attached hydrogens (primary N) is 1. The number of para-hydroxylation sites is 1. The Morgan fingerprint density at radius 3 is 2.81 bits per heavy atom. The van der Waals surface area contributed by atoms with Gasteiger partial charge in [-0.3, -0.25) is 0 Å². The van der Waals surface area contributed by atoms with Gasteiger partial charge in [-0.1, -0.05) is 12.1 Å². The molecule has 3 nitrogen and oxygen atoms in total. The standard InChI is InChI=1S/C13H16N2O/c1-10-4-3-5-12(13(10)14)15(2)8-11-6-7-16-9-11/h3-7,9H,8,14H2,1-2H3. The monoisotopic (exact) mass is 216 g/mol. The van der Waals surface area contributed by atoms with Crippen molar-refractivity contribution in [2.75, 3.05) is 17.7 Å². The minimum atomic E-state index is 0.796. The molecule has 2 N–H and O–H groups in total. The summed E-state index contributed by atoms with van der Waals surface area (Å²) in [5.74, 6) is 0. The van der Waals surface area contributed by atoms with Crippen LogP contribution in [0.2, 0.25) is 0 Å². The normalized spacial score (nSPS) is 10.4. The van der Waals surface area contributed by atoms with Crippen LogP contribution in [0.3, 0.4) is 0 Å². The first-order chi connectivity index (χ1) is 7.68. The Morgan fingerprint density at radius 1 is 1.31 bits per heavy atom. The van der Waals surface area contributed by atoms with Crippen LogP contribution in [-0.2, 0) is 6.54 Å². The number of rotatable bonds is 3. The molecule has 0 aliphatic carbocycles. The summed E-state index contributed by atoms with van der Waals surface area (Å²) in [6.07, 6.45) is 3.44. The van der Waals surface area contributed by atoms with Crippen LogP contribution >= 0.6 is 0 Å². The summed E-state index contributed by atoms with van der Waals surface area (Å²) >= 11 is 0. The molecule has 0 unspecified atom stereocenters. The molecule has 0 saturated heterocycles.